The third-order valence-electron chi connectivity index (χ3n) is 2.17. The lowest BCUT2D eigenvalue weighted by atomic mass is 10.1. The van der Waals surface area contributed by atoms with Crippen LogP contribution in [0.15, 0.2) is 36.4 Å². The van der Waals surface area contributed by atoms with E-state index in [1.807, 2.05) is 19.9 Å². The Morgan fingerprint density at radius 3 is 2.39 bits per heavy atom. The first-order valence-electron chi connectivity index (χ1n) is 5.74. The number of hydrogen-bond donors (Lipinski definition) is 1. The second kappa shape index (κ2) is 6.59. The Labute approximate surface area is 106 Å². The second-order valence-corrected chi connectivity index (χ2v) is 4.31. The van der Waals surface area contributed by atoms with Crippen molar-refractivity contribution in [3.8, 4) is 0 Å². The highest BCUT2D eigenvalue weighted by atomic mass is 16.5. The molecule has 0 aliphatic carbocycles. The van der Waals surface area contributed by atoms with Crippen molar-refractivity contribution in [2.75, 3.05) is 6.61 Å². The molecule has 0 atom stereocenters. The van der Waals surface area contributed by atoms with Gasteiger partial charge in [-0.25, -0.2) is 4.79 Å². The van der Waals surface area contributed by atoms with Gasteiger partial charge in [0.25, 0.3) is 0 Å². The summed E-state index contributed by atoms with van der Waals surface area (Å²) in [5, 5.41) is 0. The molecule has 1 rings (SSSR count). The number of amides is 1. The Kier molecular flexibility index (Phi) is 5.11. The van der Waals surface area contributed by atoms with E-state index in [2.05, 4.69) is 0 Å². The zero-order valence-electron chi connectivity index (χ0n) is 10.6. The van der Waals surface area contributed by atoms with E-state index in [4.69, 9.17) is 10.5 Å². The molecule has 1 amide bonds. The summed E-state index contributed by atoms with van der Waals surface area (Å²) < 4.78 is 4.98. The monoisotopic (exact) mass is 247 g/mol. The Morgan fingerprint density at radius 1 is 1.28 bits per heavy atom. The molecule has 2 N–H and O–H groups in total. The van der Waals surface area contributed by atoms with Gasteiger partial charge >= 0.3 is 5.97 Å². The van der Waals surface area contributed by atoms with Crippen LogP contribution in [-0.4, -0.2) is 18.5 Å². The lowest BCUT2D eigenvalue weighted by molar-refractivity contribution is -0.138. The predicted molar refractivity (Wildman–Crippen MR) is 69.4 cm³/mol. The highest BCUT2D eigenvalue weighted by Gasteiger charge is 2.11. The topological polar surface area (TPSA) is 69.4 Å². The molecule has 0 saturated heterocycles. The first kappa shape index (κ1) is 14.0. The third kappa shape index (κ3) is 4.41. The van der Waals surface area contributed by atoms with Gasteiger partial charge in [-0.15, -0.1) is 0 Å². The number of esters is 1. The van der Waals surface area contributed by atoms with Gasteiger partial charge in [0.2, 0.25) is 5.91 Å². The number of hydrogen-bond acceptors (Lipinski definition) is 3. The van der Waals surface area contributed by atoms with Crippen LogP contribution in [0.3, 0.4) is 0 Å². The molecule has 0 spiro atoms. The van der Waals surface area contributed by atoms with Gasteiger partial charge in [-0.05, 0) is 11.5 Å². The third-order valence-corrected chi connectivity index (χ3v) is 2.17. The van der Waals surface area contributed by atoms with Crippen molar-refractivity contribution < 1.29 is 14.3 Å². The molecule has 0 fully saturated rings. The van der Waals surface area contributed by atoms with Gasteiger partial charge in [-0.1, -0.05) is 44.2 Å². The largest absolute Gasteiger partial charge is 0.462 e. The number of nitrogens with two attached hydrogens (primary N) is 1. The summed E-state index contributed by atoms with van der Waals surface area (Å²) in [6.07, 6.45) is 1.14. The average molecular weight is 247 g/mol. The smallest absolute Gasteiger partial charge is 0.331 e. The fourth-order valence-corrected chi connectivity index (χ4v) is 1.32. The minimum Gasteiger partial charge on any atom is -0.462 e. The van der Waals surface area contributed by atoms with Gasteiger partial charge in [0.05, 0.1) is 12.2 Å². The highest BCUT2D eigenvalue weighted by Crippen LogP contribution is 2.13. The normalized spacial score (nSPS) is 11.4. The van der Waals surface area contributed by atoms with Crippen molar-refractivity contribution in [2.45, 2.75) is 13.8 Å². The van der Waals surface area contributed by atoms with Crippen molar-refractivity contribution in [1.82, 2.24) is 0 Å². The number of carbonyl (C=O) groups excluding carboxylic acids is 2. The van der Waals surface area contributed by atoms with E-state index in [1.165, 1.54) is 0 Å². The summed E-state index contributed by atoms with van der Waals surface area (Å²) in [6.45, 7) is 4.18. The molecule has 0 bridgehead atoms. The van der Waals surface area contributed by atoms with Crippen LogP contribution in [-0.2, 0) is 14.3 Å². The van der Waals surface area contributed by atoms with Crippen molar-refractivity contribution in [3.63, 3.8) is 0 Å². The number of carbonyl (C=O) groups is 2. The van der Waals surface area contributed by atoms with Crippen LogP contribution in [0.2, 0.25) is 0 Å². The molecule has 0 saturated carbocycles. The van der Waals surface area contributed by atoms with Crippen LogP contribution >= 0.6 is 0 Å². The van der Waals surface area contributed by atoms with Crippen LogP contribution in [0.25, 0.3) is 5.57 Å². The summed E-state index contributed by atoms with van der Waals surface area (Å²) in [5.41, 5.74) is 6.02. The average Bonchev–Trinajstić information content (AvgIpc) is 2.34. The minimum atomic E-state index is -0.650. The molecule has 0 aliphatic rings. The molecule has 0 unspecified atom stereocenters. The van der Waals surface area contributed by atoms with Crippen LogP contribution < -0.4 is 5.73 Å². The highest BCUT2D eigenvalue weighted by molar-refractivity contribution is 6.22. The number of benzene rings is 1. The summed E-state index contributed by atoms with van der Waals surface area (Å²) in [5.74, 6) is -0.958. The Morgan fingerprint density at radius 2 is 1.89 bits per heavy atom. The van der Waals surface area contributed by atoms with E-state index in [0.29, 0.717) is 12.2 Å². The molecule has 1 aromatic carbocycles. The molecule has 0 aliphatic heterocycles. The zero-order chi connectivity index (χ0) is 13.5. The zero-order valence-corrected chi connectivity index (χ0v) is 10.6. The SMILES string of the molecule is CC(C)COC(=O)/C=C(\C(N)=O)c1ccccc1. The van der Waals surface area contributed by atoms with Crippen molar-refractivity contribution in [1.29, 1.82) is 0 Å². The molecule has 0 heterocycles. The summed E-state index contributed by atoms with van der Waals surface area (Å²) in [6, 6.07) is 8.79. The second-order valence-electron chi connectivity index (χ2n) is 4.31. The van der Waals surface area contributed by atoms with Gasteiger partial charge in [-0.2, -0.15) is 0 Å². The molecule has 96 valence electrons. The fraction of sp³-hybridized carbons (Fsp3) is 0.286. The minimum absolute atomic E-state index is 0.157. The van der Waals surface area contributed by atoms with Gasteiger partial charge in [-0.3, -0.25) is 4.79 Å². The lowest BCUT2D eigenvalue weighted by Gasteiger charge is -2.06. The van der Waals surface area contributed by atoms with E-state index in [1.54, 1.807) is 24.3 Å². The number of primary amides is 1. The standard InChI is InChI=1S/C14H17NO3/c1-10(2)9-18-13(16)8-12(14(15)17)11-6-4-3-5-7-11/h3-8,10H,9H2,1-2H3,(H2,15,17)/b12-8-. The van der Waals surface area contributed by atoms with E-state index >= 15 is 0 Å². The maximum absolute atomic E-state index is 11.5. The van der Waals surface area contributed by atoms with E-state index in [-0.39, 0.29) is 11.5 Å². The quantitative estimate of drug-likeness (QED) is 0.636. The lowest BCUT2D eigenvalue weighted by Crippen LogP contribution is -2.15. The van der Waals surface area contributed by atoms with Crippen LogP contribution in [0, 0.1) is 5.92 Å². The molecule has 0 aromatic heterocycles. The molecule has 4 nitrogen and oxygen atoms in total. The number of ether oxygens (including phenoxy) is 1. The number of rotatable bonds is 5. The molecule has 18 heavy (non-hydrogen) atoms. The summed E-state index contributed by atoms with van der Waals surface area (Å²) in [7, 11) is 0. The van der Waals surface area contributed by atoms with Gasteiger partial charge in [0, 0.05) is 6.08 Å². The first-order chi connectivity index (χ1) is 8.50. The molecular formula is C14H17NO3. The van der Waals surface area contributed by atoms with Crippen molar-refractivity contribution in [3.05, 3.63) is 42.0 Å². The van der Waals surface area contributed by atoms with Gasteiger partial charge in [0.15, 0.2) is 0 Å². The Bertz CT molecular complexity index is 449. The summed E-state index contributed by atoms with van der Waals surface area (Å²) in [4.78, 5) is 22.8. The van der Waals surface area contributed by atoms with E-state index in [9.17, 15) is 9.59 Å². The Hall–Kier alpha value is -2.10. The first-order valence-corrected chi connectivity index (χ1v) is 5.74. The van der Waals surface area contributed by atoms with Gasteiger partial charge < -0.3 is 10.5 Å². The van der Waals surface area contributed by atoms with Crippen LogP contribution in [0.4, 0.5) is 0 Å². The van der Waals surface area contributed by atoms with Crippen LogP contribution in [0.1, 0.15) is 19.4 Å². The van der Waals surface area contributed by atoms with Crippen molar-refractivity contribution >= 4 is 17.4 Å². The molecular weight excluding hydrogens is 230 g/mol. The summed E-state index contributed by atoms with van der Waals surface area (Å²) >= 11 is 0. The molecule has 1 aromatic rings. The van der Waals surface area contributed by atoms with E-state index in [0.717, 1.165) is 6.08 Å². The maximum atomic E-state index is 11.5. The molecule has 0 radical (unpaired) electrons. The van der Waals surface area contributed by atoms with Crippen LogP contribution in [0.5, 0.6) is 0 Å². The predicted octanol–water partition coefficient (Wildman–Crippen LogP) is 1.75. The van der Waals surface area contributed by atoms with Crippen molar-refractivity contribution in [2.24, 2.45) is 11.7 Å². The molecule has 4 heteroatoms. The van der Waals surface area contributed by atoms with Gasteiger partial charge in [0.1, 0.15) is 0 Å². The Balaban J connectivity index is 2.86. The maximum Gasteiger partial charge on any atom is 0.331 e. The van der Waals surface area contributed by atoms with E-state index < -0.39 is 11.9 Å². The fourth-order valence-electron chi connectivity index (χ4n) is 1.32.